The van der Waals surface area contributed by atoms with E-state index in [2.05, 4.69) is 20.0 Å². The Morgan fingerprint density at radius 2 is 2.04 bits per heavy atom. The number of aromatic nitrogens is 4. The normalized spacial score (nSPS) is 28.0. The maximum Gasteiger partial charge on any atom is 0.338 e. The lowest BCUT2D eigenvalue weighted by Crippen LogP contribution is -2.36. The van der Waals surface area contributed by atoms with Crippen LogP contribution in [0.4, 0.5) is 5.82 Å². The number of rotatable bonds is 3. The number of ether oxygens (including phenoxy) is 1. The fourth-order valence-corrected chi connectivity index (χ4v) is 4.32. The summed E-state index contributed by atoms with van der Waals surface area (Å²) in [6.45, 7) is 3.58. The molecule has 3 heterocycles. The van der Waals surface area contributed by atoms with Crippen LogP contribution < -0.4 is 4.90 Å². The molecule has 26 heavy (non-hydrogen) atoms. The second-order valence-electron chi connectivity index (χ2n) is 7.25. The van der Waals surface area contributed by atoms with Crippen molar-refractivity contribution in [3.05, 3.63) is 36.0 Å². The highest BCUT2D eigenvalue weighted by Crippen LogP contribution is 2.42. The number of carbonyl (C=O) groups is 1. The van der Waals surface area contributed by atoms with Crippen LogP contribution in [0.25, 0.3) is 0 Å². The van der Waals surface area contributed by atoms with Crippen molar-refractivity contribution in [3.63, 3.8) is 0 Å². The predicted octanol–water partition coefficient (Wildman–Crippen LogP) is 1.22. The second-order valence-corrected chi connectivity index (χ2v) is 7.25. The van der Waals surface area contributed by atoms with Crippen molar-refractivity contribution in [3.8, 4) is 0 Å². The van der Waals surface area contributed by atoms with Crippen molar-refractivity contribution in [1.82, 2.24) is 19.7 Å². The van der Waals surface area contributed by atoms with Crippen LogP contribution in [0.15, 0.2) is 24.8 Å². The molecule has 1 N–H and O–H groups in total. The third-order valence-electron chi connectivity index (χ3n) is 5.57. The number of fused-ring (bicyclic) bond motifs is 1. The quantitative estimate of drug-likeness (QED) is 0.826. The minimum atomic E-state index is -0.422. The lowest BCUT2D eigenvalue weighted by Gasteiger charge is -2.34. The van der Waals surface area contributed by atoms with E-state index < -0.39 is 6.10 Å². The summed E-state index contributed by atoms with van der Waals surface area (Å²) in [6.07, 6.45) is 4.35. The minimum absolute atomic E-state index is 0.0326. The molecule has 138 valence electrons. The number of anilines is 1. The number of pyridine rings is 1. The van der Waals surface area contributed by atoms with E-state index in [1.54, 1.807) is 23.1 Å². The van der Waals surface area contributed by atoms with Crippen molar-refractivity contribution in [2.24, 2.45) is 11.8 Å². The molecular weight excluding hydrogens is 334 g/mol. The van der Waals surface area contributed by atoms with Gasteiger partial charge in [0.1, 0.15) is 18.5 Å². The summed E-state index contributed by atoms with van der Waals surface area (Å²) >= 11 is 0. The van der Waals surface area contributed by atoms with E-state index in [4.69, 9.17) is 4.74 Å². The number of aryl methyl sites for hydroxylation is 1. The molecule has 1 aliphatic heterocycles. The van der Waals surface area contributed by atoms with Gasteiger partial charge in [-0.15, -0.1) is 0 Å². The first-order valence-corrected chi connectivity index (χ1v) is 8.89. The molecule has 2 aromatic heterocycles. The highest BCUT2D eigenvalue weighted by Gasteiger charge is 2.43. The zero-order valence-electron chi connectivity index (χ0n) is 14.9. The van der Waals surface area contributed by atoms with Crippen LogP contribution in [-0.4, -0.2) is 57.1 Å². The Balaban J connectivity index is 1.54. The Bertz CT molecular complexity index is 794. The van der Waals surface area contributed by atoms with E-state index in [1.165, 1.54) is 13.4 Å². The van der Waals surface area contributed by atoms with E-state index in [0.717, 1.165) is 37.4 Å². The van der Waals surface area contributed by atoms with Crippen molar-refractivity contribution in [2.45, 2.75) is 31.9 Å². The maximum absolute atomic E-state index is 11.9. The fourth-order valence-electron chi connectivity index (χ4n) is 4.32. The molecule has 4 rings (SSSR count). The molecule has 0 spiro atoms. The maximum atomic E-state index is 11.9. The van der Waals surface area contributed by atoms with Crippen LogP contribution in [0.1, 0.15) is 34.9 Å². The number of aliphatic hydroxyl groups excluding tert-OH is 1. The number of methoxy groups -OCH3 is 1. The Hall–Kier alpha value is -2.48. The number of carbonyl (C=O) groups excluding carboxylic acids is 1. The van der Waals surface area contributed by atoms with E-state index >= 15 is 0 Å². The number of hydrogen-bond acceptors (Lipinski definition) is 7. The summed E-state index contributed by atoms with van der Waals surface area (Å²) in [5.74, 6) is 1.31. The topological polar surface area (TPSA) is 93.4 Å². The van der Waals surface area contributed by atoms with Crippen LogP contribution in [-0.2, 0) is 4.74 Å². The van der Waals surface area contributed by atoms with Gasteiger partial charge in [-0.25, -0.2) is 19.4 Å². The molecule has 8 nitrogen and oxygen atoms in total. The van der Waals surface area contributed by atoms with E-state index in [9.17, 15) is 9.90 Å². The van der Waals surface area contributed by atoms with Gasteiger partial charge in [-0.3, -0.25) is 0 Å². The lowest BCUT2D eigenvalue weighted by atomic mass is 9.77. The first-order valence-electron chi connectivity index (χ1n) is 8.89. The molecular formula is C18H23N5O3. The number of nitrogens with zero attached hydrogens (tertiary/aromatic N) is 5. The SMILES string of the molecule is COC(=O)c1cc(C)nc(N2C[C@H]3C[C@@H](n4cncn4)[C@H](O)C[C@H]3C2)c1. The van der Waals surface area contributed by atoms with Crippen LogP contribution >= 0.6 is 0 Å². The van der Waals surface area contributed by atoms with Gasteiger partial charge >= 0.3 is 5.97 Å². The Kier molecular flexibility index (Phi) is 4.36. The molecule has 2 fully saturated rings. The van der Waals surface area contributed by atoms with Gasteiger partial charge < -0.3 is 14.7 Å². The van der Waals surface area contributed by atoms with Crippen LogP contribution in [0, 0.1) is 18.8 Å². The molecule has 2 aliphatic rings. The van der Waals surface area contributed by atoms with Gasteiger partial charge in [0.05, 0.1) is 24.8 Å². The number of esters is 1. The largest absolute Gasteiger partial charge is 0.465 e. The molecule has 1 aliphatic carbocycles. The molecule has 1 saturated heterocycles. The van der Waals surface area contributed by atoms with E-state index in [0.29, 0.717) is 17.4 Å². The molecule has 0 bridgehead atoms. The first-order chi connectivity index (χ1) is 12.5. The first kappa shape index (κ1) is 17.0. The molecule has 0 radical (unpaired) electrons. The summed E-state index contributed by atoms with van der Waals surface area (Å²) in [6, 6.07) is 3.50. The van der Waals surface area contributed by atoms with Crippen molar-refractivity contribution in [2.75, 3.05) is 25.1 Å². The number of aliphatic hydroxyl groups is 1. The minimum Gasteiger partial charge on any atom is -0.465 e. The molecule has 1 saturated carbocycles. The van der Waals surface area contributed by atoms with Gasteiger partial charge in [-0.1, -0.05) is 0 Å². The van der Waals surface area contributed by atoms with E-state index in [-0.39, 0.29) is 12.0 Å². The number of hydrogen-bond donors (Lipinski definition) is 1. The molecule has 4 atom stereocenters. The zero-order valence-corrected chi connectivity index (χ0v) is 14.9. The van der Waals surface area contributed by atoms with Crippen molar-refractivity contribution >= 4 is 11.8 Å². The summed E-state index contributed by atoms with van der Waals surface area (Å²) in [5, 5.41) is 14.8. The van der Waals surface area contributed by atoms with Gasteiger partial charge in [0.25, 0.3) is 0 Å². The van der Waals surface area contributed by atoms with Gasteiger partial charge in [0.2, 0.25) is 0 Å². The average molecular weight is 357 g/mol. The average Bonchev–Trinajstić information content (AvgIpc) is 3.29. The van der Waals surface area contributed by atoms with Gasteiger partial charge in [0, 0.05) is 18.8 Å². The van der Waals surface area contributed by atoms with Crippen molar-refractivity contribution < 1.29 is 14.6 Å². The third kappa shape index (κ3) is 3.05. The summed E-state index contributed by atoms with van der Waals surface area (Å²) in [7, 11) is 1.38. The Labute approximate surface area is 151 Å². The highest BCUT2D eigenvalue weighted by molar-refractivity contribution is 5.90. The smallest absolute Gasteiger partial charge is 0.338 e. The van der Waals surface area contributed by atoms with Crippen LogP contribution in [0.2, 0.25) is 0 Å². The Morgan fingerprint density at radius 3 is 2.73 bits per heavy atom. The molecule has 0 unspecified atom stereocenters. The predicted molar refractivity (Wildman–Crippen MR) is 93.8 cm³/mol. The highest BCUT2D eigenvalue weighted by atomic mass is 16.5. The molecule has 0 amide bonds. The summed E-state index contributed by atoms with van der Waals surface area (Å²) < 4.78 is 6.61. The third-order valence-corrected chi connectivity index (χ3v) is 5.57. The van der Waals surface area contributed by atoms with Gasteiger partial charge in [0.15, 0.2) is 0 Å². The summed E-state index contributed by atoms with van der Waals surface area (Å²) in [4.78, 5) is 22.7. The summed E-state index contributed by atoms with van der Waals surface area (Å²) in [5.41, 5.74) is 1.31. The Morgan fingerprint density at radius 1 is 1.27 bits per heavy atom. The van der Waals surface area contributed by atoms with E-state index in [1.807, 2.05) is 6.92 Å². The lowest BCUT2D eigenvalue weighted by molar-refractivity contribution is 0.0305. The monoisotopic (exact) mass is 357 g/mol. The molecule has 0 aromatic carbocycles. The van der Waals surface area contributed by atoms with Gasteiger partial charge in [-0.2, -0.15) is 5.10 Å². The van der Waals surface area contributed by atoms with Crippen LogP contribution in [0.3, 0.4) is 0 Å². The molecule has 2 aromatic rings. The second kappa shape index (κ2) is 6.68. The van der Waals surface area contributed by atoms with Crippen molar-refractivity contribution in [1.29, 1.82) is 0 Å². The van der Waals surface area contributed by atoms with Gasteiger partial charge in [-0.05, 0) is 43.7 Å². The fraction of sp³-hybridized carbons (Fsp3) is 0.556. The zero-order chi connectivity index (χ0) is 18.3. The van der Waals surface area contributed by atoms with Crippen LogP contribution in [0.5, 0.6) is 0 Å². The molecule has 8 heteroatoms. The standard InChI is InChI=1S/C18H23N5O3/c1-11-3-12(18(25)26-2)6-17(21-11)22-7-13-4-15(23-10-19-9-20-23)16(24)5-14(13)8-22/h3,6,9-10,13-16,24H,4-5,7-8H2,1-2H3/t13-,14+,15-,16-/m1/s1.